The van der Waals surface area contributed by atoms with Gasteiger partial charge in [-0.2, -0.15) is 0 Å². The minimum absolute atomic E-state index is 0.801. The van der Waals surface area contributed by atoms with E-state index in [1.165, 1.54) is 25.7 Å². The fourth-order valence-electron chi connectivity index (χ4n) is 2.72. The quantitative estimate of drug-likeness (QED) is 0.785. The Balaban J connectivity index is 1.68. The lowest BCUT2D eigenvalue weighted by atomic mass is 10.0. The number of fused-ring (bicyclic) bond motifs is 2. The van der Waals surface area contributed by atoms with Crippen LogP contribution in [-0.2, 0) is 0 Å². The van der Waals surface area contributed by atoms with E-state index in [9.17, 15) is 0 Å². The van der Waals surface area contributed by atoms with Gasteiger partial charge in [-0.25, -0.2) is 4.98 Å². The van der Waals surface area contributed by atoms with E-state index in [-0.39, 0.29) is 0 Å². The number of nitrogens with zero attached hydrogens (tertiary/aromatic N) is 2. The summed E-state index contributed by atoms with van der Waals surface area (Å²) in [6.07, 6.45) is 7.42. The van der Waals surface area contributed by atoms with Gasteiger partial charge in [0.25, 0.3) is 0 Å². The number of nitrogens with one attached hydrogen (secondary N) is 1. The average Bonchev–Trinajstić information content (AvgIpc) is 2.77. The van der Waals surface area contributed by atoms with Crippen LogP contribution in [-0.4, -0.2) is 20.4 Å². The van der Waals surface area contributed by atoms with Crippen LogP contribution >= 0.6 is 11.8 Å². The zero-order chi connectivity index (χ0) is 8.67. The Labute approximate surface area is 81.7 Å². The molecule has 4 heteroatoms. The summed E-state index contributed by atoms with van der Waals surface area (Å²) < 4.78 is 0. The first-order valence-electron chi connectivity index (χ1n) is 4.94. The molecule has 3 atom stereocenters. The zero-order valence-electron chi connectivity index (χ0n) is 7.44. The molecular formula is C9H13N3S. The Morgan fingerprint density at radius 3 is 3.00 bits per heavy atom. The molecule has 0 radical (unpaired) electrons. The van der Waals surface area contributed by atoms with E-state index < -0.39 is 0 Å². The predicted octanol–water partition coefficient (Wildman–Crippen LogP) is 2.09. The zero-order valence-corrected chi connectivity index (χ0v) is 8.26. The fourth-order valence-corrected chi connectivity index (χ4v) is 4.02. The van der Waals surface area contributed by atoms with Gasteiger partial charge >= 0.3 is 0 Å². The molecule has 2 bridgehead atoms. The highest BCUT2D eigenvalue weighted by Gasteiger charge is 2.40. The van der Waals surface area contributed by atoms with Crippen LogP contribution < -0.4 is 0 Å². The second kappa shape index (κ2) is 3.01. The number of aromatic amines is 1. The highest BCUT2D eigenvalue weighted by atomic mass is 32.2. The van der Waals surface area contributed by atoms with Gasteiger partial charge in [-0.05, 0) is 31.1 Å². The molecule has 0 saturated heterocycles. The van der Waals surface area contributed by atoms with Crippen molar-refractivity contribution in [2.24, 2.45) is 11.8 Å². The molecule has 0 amide bonds. The van der Waals surface area contributed by atoms with Gasteiger partial charge in [0, 0.05) is 5.25 Å². The normalized spacial score (nSPS) is 37.1. The smallest absolute Gasteiger partial charge is 0.208 e. The van der Waals surface area contributed by atoms with Crippen molar-refractivity contribution in [3.05, 3.63) is 6.33 Å². The van der Waals surface area contributed by atoms with Crippen LogP contribution in [0.2, 0.25) is 0 Å². The third-order valence-corrected chi connectivity index (χ3v) is 4.61. The number of thioether (sulfide) groups is 1. The van der Waals surface area contributed by atoms with Gasteiger partial charge < -0.3 is 0 Å². The highest BCUT2D eigenvalue weighted by molar-refractivity contribution is 7.99. The molecular weight excluding hydrogens is 182 g/mol. The van der Waals surface area contributed by atoms with Crippen molar-refractivity contribution in [2.75, 3.05) is 0 Å². The molecule has 1 N–H and O–H groups in total. The second-order valence-electron chi connectivity index (χ2n) is 4.11. The van der Waals surface area contributed by atoms with Crippen molar-refractivity contribution < 1.29 is 0 Å². The molecule has 2 aliphatic carbocycles. The first kappa shape index (κ1) is 7.85. The lowest BCUT2D eigenvalue weighted by Gasteiger charge is -2.18. The standard InChI is InChI=1S/C9H13N3S/c1-2-7-3-6(1)4-8(7)13-9-10-5-11-12-9/h5-8H,1-4H2,(H,10,11,12)/t6-,7+,8-/m1/s1. The molecule has 2 fully saturated rings. The molecule has 1 aromatic rings. The summed E-state index contributed by atoms with van der Waals surface area (Å²) >= 11 is 1.87. The first-order valence-corrected chi connectivity index (χ1v) is 5.82. The van der Waals surface area contributed by atoms with E-state index in [1.807, 2.05) is 11.8 Å². The summed E-state index contributed by atoms with van der Waals surface area (Å²) in [7, 11) is 0. The van der Waals surface area contributed by atoms with E-state index in [0.29, 0.717) is 0 Å². The van der Waals surface area contributed by atoms with Crippen LogP contribution in [0.3, 0.4) is 0 Å². The third-order valence-electron chi connectivity index (χ3n) is 3.32. The van der Waals surface area contributed by atoms with E-state index in [4.69, 9.17) is 0 Å². The van der Waals surface area contributed by atoms with E-state index in [0.717, 1.165) is 22.2 Å². The Morgan fingerprint density at radius 2 is 2.38 bits per heavy atom. The Hall–Kier alpha value is -0.510. The van der Waals surface area contributed by atoms with Gasteiger partial charge in [-0.3, -0.25) is 5.10 Å². The fraction of sp³-hybridized carbons (Fsp3) is 0.778. The Kier molecular flexibility index (Phi) is 1.82. The number of H-pyrrole nitrogens is 1. The summed E-state index contributed by atoms with van der Waals surface area (Å²) in [4.78, 5) is 4.16. The lowest BCUT2D eigenvalue weighted by Crippen LogP contribution is -2.12. The van der Waals surface area contributed by atoms with Crippen LogP contribution in [0.25, 0.3) is 0 Å². The summed E-state index contributed by atoms with van der Waals surface area (Å²) in [6, 6.07) is 0. The maximum absolute atomic E-state index is 4.16. The topological polar surface area (TPSA) is 41.6 Å². The summed E-state index contributed by atoms with van der Waals surface area (Å²) in [6.45, 7) is 0. The lowest BCUT2D eigenvalue weighted by molar-refractivity contribution is 0.491. The number of aromatic nitrogens is 3. The molecule has 2 saturated carbocycles. The number of rotatable bonds is 2. The minimum Gasteiger partial charge on any atom is -0.265 e. The average molecular weight is 195 g/mol. The van der Waals surface area contributed by atoms with Gasteiger partial charge in [0.05, 0.1) is 0 Å². The summed E-state index contributed by atoms with van der Waals surface area (Å²) in [5.41, 5.74) is 0. The van der Waals surface area contributed by atoms with Crippen LogP contribution in [0.4, 0.5) is 0 Å². The van der Waals surface area contributed by atoms with E-state index in [1.54, 1.807) is 6.33 Å². The number of hydrogen-bond donors (Lipinski definition) is 1. The molecule has 0 unspecified atom stereocenters. The summed E-state index contributed by atoms with van der Waals surface area (Å²) in [5, 5.41) is 8.58. The molecule has 3 rings (SSSR count). The maximum atomic E-state index is 4.16. The Bertz CT molecular complexity index is 285. The highest BCUT2D eigenvalue weighted by Crippen LogP contribution is 2.50. The molecule has 13 heavy (non-hydrogen) atoms. The van der Waals surface area contributed by atoms with Crippen LogP contribution in [0, 0.1) is 11.8 Å². The molecule has 1 heterocycles. The molecule has 0 aliphatic heterocycles. The van der Waals surface area contributed by atoms with Crippen molar-refractivity contribution in [3.63, 3.8) is 0 Å². The molecule has 0 aromatic carbocycles. The largest absolute Gasteiger partial charge is 0.265 e. The SMILES string of the molecule is c1nc(S[C@@H]2C[C@@H]3CC[C@H]2C3)n[nH]1. The first-order chi connectivity index (χ1) is 6.42. The molecule has 70 valence electrons. The monoisotopic (exact) mass is 195 g/mol. The molecule has 3 nitrogen and oxygen atoms in total. The minimum atomic E-state index is 0.801. The van der Waals surface area contributed by atoms with Crippen molar-refractivity contribution in [1.29, 1.82) is 0 Å². The van der Waals surface area contributed by atoms with Crippen LogP contribution in [0.5, 0.6) is 0 Å². The second-order valence-corrected chi connectivity index (χ2v) is 5.32. The van der Waals surface area contributed by atoms with Gasteiger partial charge in [-0.15, -0.1) is 5.10 Å². The van der Waals surface area contributed by atoms with E-state index in [2.05, 4.69) is 15.2 Å². The third kappa shape index (κ3) is 1.37. The van der Waals surface area contributed by atoms with Crippen molar-refractivity contribution >= 4 is 11.8 Å². The molecule has 0 spiro atoms. The van der Waals surface area contributed by atoms with Gasteiger partial charge in [0.1, 0.15) is 6.33 Å². The van der Waals surface area contributed by atoms with Gasteiger partial charge in [0.2, 0.25) is 5.16 Å². The van der Waals surface area contributed by atoms with Crippen LogP contribution in [0.1, 0.15) is 25.7 Å². The van der Waals surface area contributed by atoms with Crippen molar-refractivity contribution in [3.8, 4) is 0 Å². The molecule has 1 aromatic heterocycles. The predicted molar refractivity (Wildman–Crippen MR) is 51.5 cm³/mol. The van der Waals surface area contributed by atoms with Gasteiger partial charge in [0.15, 0.2) is 0 Å². The van der Waals surface area contributed by atoms with Gasteiger partial charge in [-0.1, -0.05) is 18.2 Å². The Morgan fingerprint density at radius 1 is 1.38 bits per heavy atom. The maximum Gasteiger partial charge on any atom is 0.208 e. The van der Waals surface area contributed by atoms with Crippen molar-refractivity contribution in [2.45, 2.75) is 36.1 Å². The number of hydrogen-bond acceptors (Lipinski definition) is 3. The molecule has 2 aliphatic rings. The van der Waals surface area contributed by atoms with Crippen molar-refractivity contribution in [1.82, 2.24) is 15.2 Å². The van der Waals surface area contributed by atoms with E-state index >= 15 is 0 Å². The van der Waals surface area contributed by atoms with Crippen LogP contribution in [0.15, 0.2) is 11.5 Å². The summed E-state index contributed by atoms with van der Waals surface area (Å²) in [5.74, 6) is 1.97.